The molecule has 0 bridgehead atoms. The molecule has 1 aromatic carbocycles. The van der Waals surface area contributed by atoms with Crippen LogP contribution in [0.5, 0.6) is 0 Å². The first-order chi connectivity index (χ1) is 13.3. The molecule has 0 saturated carbocycles. The fourth-order valence-corrected chi connectivity index (χ4v) is 5.15. The van der Waals surface area contributed by atoms with Crippen LogP contribution in [0.1, 0.15) is 23.4 Å². The van der Waals surface area contributed by atoms with Crippen molar-refractivity contribution in [2.75, 3.05) is 11.5 Å². The second kappa shape index (κ2) is 8.55. The number of benzene rings is 1. The predicted octanol–water partition coefficient (Wildman–Crippen LogP) is 0.291. The number of aryl methyl sites for hydroxylation is 2. The molecule has 150 valence electrons. The molecule has 0 aliphatic carbocycles. The number of amides is 2. The zero-order chi connectivity index (χ0) is 20.1. The number of sulfone groups is 1. The van der Waals surface area contributed by atoms with Crippen molar-refractivity contribution >= 4 is 21.7 Å². The number of nitrogens with one attached hydrogen (secondary N) is 3. The average molecular weight is 404 g/mol. The van der Waals surface area contributed by atoms with Crippen LogP contribution in [-0.4, -0.2) is 53.8 Å². The summed E-state index contributed by atoms with van der Waals surface area (Å²) < 4.78 is 24.1. The Labute approximate surface area is 164 Å². The van der Waals surface area contributed by atoms with Gasteiger partial charge in [0.1, 0.15) is 0 Å². The van der Waals surface area contributed by atoms with Crippen molar-refractivity contribution in [2.45, 2.75) is 38.3 Å². The molecule has 2 aromatic rings. The van der Waals surface area contributed by atoms with E-state index < -0.39 is 21.9 Å². The largest absolute Gasteiger partial charge is 0.350 e. The van der Waals surface area contributed by atoms with E-state index in [9.17, 15) is 18.0 Å². The Balaban J connectivity index is 1.56. The Morgan fingerprint density at radius 1 is 1.11 bits per heavy atom. The Morgan fingerprint density at radius 2 is 1.75 bits per heavy atom. The van der Waals surface area contributed by atoms with Gasteiger partial charge in [-0.05, 0) is 18.9 Å². The van der Waals surface area contributed by atoms with E-state index in [1.54, 1.807) is 0 Å². The molecule has 2 heterocycles. The summed E-state index contributed by atoms with van der Waals surface area (Å²) in [5.41, 5.74) is 2.44. The van der Waals surface area contributed by atoms with Crippen molar-refractivity contribution in [1.29, 1.82) is 0 Å². The highest BCUT2D eigenvalue weighted by atomic mass is 32.2. The van der Waals surface area contributed by atoms with Crippen LogP contribution < -0.4 is 10.6 Å². The van der Waals surface area contributed by atoms with Gasteiger partial charge in [0.2, 0.25) is 11.8 Å². The summed E-state index contributed by atoms with van der Waals surface area (Å²) in [5.74, 6) is -0.896. The smallest absolute Gasteiger partial charge is 0.226 e. The van der Waals surface area contributed by atoms with Crippen molar-refractivity contribution in [3.63, 3.8) is 0 Å². The molecule has 1 saturated heterocycles. The Hall–Kier alpha value is -2.68. The van der Waals surface area contributed by atoms with Crippen LogP contribution in [0.15, 0.2) is 36.7 Å². The maximum Gasteiger partial charge on any atom is 0.226 e. The second-order valence-electron chi connectivity index (χ2n) is 7.06. The minimum absolute atomic E-state index is 0.0561. The Kier molecular flexibility index (Phi) is 6.13. The molecule has 3 N–H and O–H groups in total. The van der Waals surface area contributed by atoms with E-state index in [2.05, 4.69) is 20.6 Å². The molecule has 2 atom stereocenters. The number of carbonyl (C=O) groups excluding carboxylic acids is 2. The molecule has 1 aliphatic heterocycles. The monoisotopic (exact) mass is 404 g/mol. The number of carbonyl (C=O) groups is 2. The predicted molar refractivity (Wildman–Crippen MR) is 104 cm³/mol. The van der Waals surface area contributed by atoms with Gasteiger partial charge < -0.3 is 15.6 Å². The van der Waals surface area contributed by atoms with Crippen LogP contribution in [0.3, 0.4) is 0 Å². The van der Waals surface area contributed by atoms with Crippen LogP contribution in [0, 0.1) is 6.92 Å². The van der Waals surface area contributed by atoms with Crippen molar-refractivity contribution in [2.24, 2.45) is 0 Å². The van der Waals surface area contributed by atoms with E-state index in [1.807, 2.05) is 37.3 Å². The molecular formula is C19H24N4O4S. The van der Waals surface area contributed by atoms with Gasteiger partial charge in [-0.15, -0.1) is 0 Å². The van der Waals surface area contributed by atoms with E-state index in [0.29, 0.717) is 12.1 Å². The Morgan fingerprint density at radius 3 is 2.36 bits per heavy atom. The van der Waals surface area contributed by atoms with Crippen molar-refractivity contribution in [3.8, 4) is 0 Å². The summed E-state index contributed by atoms with van der Waals surface area (Å²) in [6.45, 7) is 1.81. The number of imidazole rings is 1. The SMILES string of the molecule is Cc1[nH]cnc1CC(=O)N[C@@H]1CS(=O)(=O)C[C@H]1NC(=O)CCc1ccccc1. The number of rotatable bonds is 7. The molecule has 8 nitrogen and oxygen atoms in total. The minimum Gasteiger partial charge on any atom is -0.350 e. The summed E-state index contributed by atoms with van der Waals surface area (Å²) >= 11 is 0. The molecule has 28 heavy (non-hydrogen) atoms. The molecule has 0 unspecified atom stereocenters. The normalized spacial score (nSPS) is 20.6. The molecule has 9 heteroatoms. The van der Waals surface area contributed by atoms with Gasteiger partial charge in [0.05, 0.1) is 42.0 Å². The lowest BCUT2D eigenvalue weighted by molar-refractivity contribution is -0.123. The topological polar surface area (TPSA) is 121 Å². The molecule has 1 fully saturated rings. The summed E-state index contributed by atoms with van der Waals surface area (Å²) in [6.07, 6.45) is 2.39. The fourth-order valence-electron chi connectivity index (χ4n) is 3.29. The van der Waals surface area contributed by atoms with E-state index >= 15 is 0 Å². The summed E-state index contributed by atoms with van der Waals surface area (Å²) in [4.78, 5) is 31.6. The maximum atomic E-state index is 12.3. The second-order valence-corrected chi connectivity index (χ2v) is 9.22. The number of hydrogen-bond acceptors (Lipinski definition) is 5. The first-order valence-corrected chi connectivity index (χ1v) is 11.0. The number of aromatic amines is 1. The van der Waals surface area contributed by atoms with Crippen LogP contribution in [0.4, 0.5) is 0 Å². The van der Waals surface area contributed by atoms with Crippen molar-refractivity contribution in [1.82, 2.24) is 20.6 Å². The lowest BCUT2D eigenvalue weighted by Gasteiger charge is -2.20. The van der Waals surface area contributed by atoms with Gasteiger partial charge in [0, 0.05) is 12.1 Å². The third-order valence-corrected chi connectivity index (χ3v) is 6.53. The van der Waals surface area contributed by atoms with Gasteiger partial charge in [0.25, 0.3) is 0 Å². The van der Waals surface area contributed by atoms with E-state index in [0.717, 1.165) is 11.3 Å². The molecular weight excluding hydrogens is 380 g/mol. The van der Waals surface area contributed by atoms with Crippen LogP contribution in [-0.2, 0) is 32.3 Å². The van der Waals surface area contributed by atoms with Gasteiger partial charge in [-0.1, -0.05) is 30.3 Å². The van der Waals surface area contributed by atoms with Crippen molar-refractivity contribution in [3.05, 3.63) is 53.6 Å². The quantitative estimate of drug-likeness (QED) is 0.613. The highest BCUT2D eigenvalue weighted by Gasteiger charge is 2.39. The molecule has 2 amide bonds. The lowest BCUT2D eigenvalue weighted by Crippen LogP contribution is -2.51. The van der Waals surface area contributed by atoms with Gasteiger partial charge in [-0.3, -0.25) is 9.59 Å². The third-order valence-electron chi connectivity index (χ3n) is 4.79. The van der Waals surface area contributed by atoms with E-state index in [1.165, 1.54) is 6.33 Å². The van der Waals surface area contributed by atoms with Crippen LogP contribution in [0.25, 0.3) is 0 Å². The molecule has 0 spiro atoms. The average Bonchev–Trinajstić information content (AvgIpc) is 3.16. The summed E-state index contributed by atoms with van der Waals surface area (Å²) in [6, 6.07) is 8.33. The third kappa shape index (κ3) is 5.41. The zero-order valence-electron chi connectivity index (χ0n) is 15.6. The standard InChI is InChI=1S/C19H24N4O4S/c1-13-15(21-12-20-13)9-19(25)23-17-11-28(26,27)10-16(17)22-18(24)8-7-14-5-3-2-4-6-14/h2-6,12,16-17H,7-11H2,1H3,(H,20,21)(H,22,24)(H,23,25)/t16-,17-/m1/s1. The highest BCUT2D eigenvalue weighted by molar-refractivity contribution is 7.91. The van der Waals surface area contributed by atoms with Crippen molar-refractivity contribution < 1.29 is 18.0 Å². The highest BCUT2D eigenvalue weighted by Crippen LogP contribution is 2.14. The summed E-state index contributed by atoms with van der Waals surface area (Å²) in [7, 11) is -3.32. The molecule has 1 aromatic heterocycles. The first kappa shape index (κ1) is 20.1. The fraction of sp³-hybridized carbons (Fsp3) is 0.421. The number of hydrogen-bond donors (Lipinski definition) is 3. The Bertz CT molecular complexity index is 940. The van der Waals surface area contributed by atoms with Gasteiger partial charge in [-0.2, -0.15) is 0 Å². The lowest BCUT2D eigenvalue weighted by atomic mass is 10.1. The number of aromatic nitrogens is 2. The van der Waals surface area contributed by atoms with Crippen LogP contribution in [0.2, 0.25) is 0 Å². The molecule has 3 rings (SSSR count). The molecule has 0 radical (unpaired) electrons. The number of nitrogens with zero attached hydrogens (tertiary/aromatic N) is 1. The van der Waals surface area contributed by atoms with E-state index in [-0.39, 0.29) is 36.2 Å². The van der Waals surface area contributed by atoms with Gasteiger partial charge in [0.15, 0.2) is 9.84 Å². The molecule has 1 aliphatic rings. The summed E-state index contributed by atoms with van der Waals surface area (Å²) in [5, 5.41) is 5.52. The minimum atomic E-state index is -3.32. The van der Waals surface area contributed by atoms with Crippen LogP contribution >= 0.6 is 0 Å². The van der Waals surface area contributed by atoms with Gasteiger partial charge in [-0.25, -0.2) is 13.4 Å². The first-order valence-electron chi connectivity index (χ1n) is 9.14. The number of H-pyrrole nitrogens is 1. The zero-order valence-corrected chi connectivity index (χ0v) is 16.5. The maximum absolute atomic E-state index is 12.3. The van der Waals surface area contributed by atoms with E-state index in [4.69, 9.17) is 0 Å². The van der Waals surface area contributed by atoms with Gasteiger partial charge >= 0.3 is 0 Å².